The van der Waals surface area contributed by atoms with Gasteiger partial charge in [-0.25, -0.2) is 8.42 Å². The van der Waals surface area contributed by atoms with Crippen molar-refractivity contribution in [1.82, 2.24) is 14.1 Å². The van der Waals surface area contributed by atoms with Gasteiger partial charge in [0.05, 0.1) is 0 Å². The maximum absolute atomic E-state index is 12.5. The molecule has 0 spiro atoms. The van der Waals surface area contributed by atoms with Crippen LogP contribution in [0.4, 0.5) is 0 Å². The number of carbonyl (C=O) groups is 2. The Kier molecular flexibility index (Phi) is 10.2. The first kappa shape index (κ1) is 25.1. The number of sulfonamides is 1. The highest BCUT2D eigenvalue weighted by atomic mass is 32.2. The second-order valence-electron chi connectivity index (χ2n) is 7.77. The summed E-state index contributed by atoms with van der Waals surface area (Å²) in [5.41, 5.74) is 0.825. The van der Waals surface area contributed by atoms with E-state index in [1.165, 1.54) is 9.71 Å². The fourth-order valence-corrected chi connectivity index (χ4v) is 4.79. The molecule has 1 aromatic carbocycles. The Morgan fingerprint density at radius 2 is 1.58 bits per heavy atom. The van der Waals surface area contributed by atoms with Crippen LogP contribution in [0.2, 0.25) is 0 Å². The highest BCUT2D eigenvalue weighted by molar-refractivity contribution is 7.92. The van der Waals surface area contributed by atoms with Crippen LogP contribution in [-0.4, -0.2) is 73.6 Å². The van der Waals surface area contributed by atoms with E-state index in [2.05, 4.69) is 13.8 Å². The molecule has 1 aliphatic heterocycles. The van der Waals surface area contributed by atoms with Crippen molar-refractivity contribution < 1.29 is 18.0 Å². The van der Waals surface area contributed by atoms with Crippen LogP contribution in [0.3, 0.4) is 0 Å². The standard InChI is InChI=1S/C23H35N3O4S/c1-3-14-24(15-4-2)22(27)11-8-12-23(28)25-16-18-26(19-17-25)31(29,30)20-13-21-9-6-5-7-10-21/h5-7,9-10,13,20H,3-4,8,11-12,14-19H2,1-2H3/b20-13+. The molecule has 0 unspecified atom stereocenters. The van der Waals surface area contributed by atoms with Gasteiger partial charge in [0.1, 0.15) is 0 Å². The van der Waals surface area contributed by atoms with Gasteiger partial charge in [0.2, 0.25) is 21.8 Å². The van der Waals surface area contributed by atoms with Crippen LogP contribution in [0.5, 0.6) is 0 Å². The Balaban J connectivity index is 1.77. The number of piperazine rings is 1. The molecule has 0 saturated carbocycles. The van der Waals surface area contributed by atoms with E-state index in [1.54, 1.807) is 11.0 Å². The lowest BCUT2D eigenvalue weighted by Crippen LogP contribution is -2.50. The largest absolute Gasteiger partial charge is 0.343 e. The van der Waals surface area contributed by atoms with Crippen molar-refractivity contribution in [3.8, 4) is 0 Å². The molecule has 8 heteroatoms. The molecular weight excluding hydrogens is 414 g/mol. The van der Waals surface area contributed by atoms with Gasteiger partial charge in [-0.15, -0.1) is 0 Å². The summed E-state index contributed by atoms with van der Waals surface area (Å²) in [6.45, 7) is 6.95. The summed E-state index contributed by atoms with van der Waals surface area (Å²) in [6, 6.07) is 9.28. The number of rotatable bonds is 11. The average molecular weight is 450 g/mol. The lowest BCUT2D eigenvalue weighted by molar-refractivity contribution is -0.133. The van der Waals surface area contributed by atoms with Gasteiger partial charge in [-0.2, -0.15) is 4.31 Å². The van der Waals surface area contributed by atoms with E-state index >= 15 is 0 Å². The van der Waals surface area contributed by atoms with Gasteiger partial charge in [0.15, 0.2) is 0 Å². The molecule has 2 rings (SSSR count). The van der Waals surface area contributed by atoms with E-state index in [0.29, 0.717) is 32.4 Å². The third kappa shape index (κ3) is 8.10. The predicted molar refractivity (Wildman–Crippen MR) is 124 cm³/mol. The van der Waals surface area contributed by atoms with E-state index in [9.17, 15) is 18.0 Å². The molecule has 0 bridgehead atoms. The number of hydrogen-bond acceptors (Lipinski definition) is 4. The second kappa shape index (κ2) is 12.6. The van der Waals surface area contributed by atoms with Crippen molar-refractivity contribution in [3.63, 3.8) is 0 Å². The molecule has 1 saturated heterocycles. The van der Waals surface area contributed by atoms with Crippen molar-refractivity contribution in [2.75, 3.05) is 39.3 Å². The number of nitrogens with zero attached hydrogens (tertiary/aromatic N) is 3. The fourth-order valence-electron chi connectivity index (χ4n) is 3.61. The van der Waals surface area contributed by atoms with E-state index in [4.69, 9.17) is 0 Å². The summed E-state index contributed by atoms with van der Waals surface area (Å²) in [6.07, 6.45) is 4.67. The van der Waals surface area contributed by atoms with Crippen molar-refractivity contribution >= 4 is 27.9 Å². The van der Waals surface area contributed by atoms with Crippen LogP contribution in [0.15, 0.2) is 35.7 Å². The van der Waals surface area contributed by atoms with Crippen LogP contribution in [0.25, 0.3) is 6.08 Å². The zero-order valence-electron chi connectivity index (χ0n) is 18.7. The smallest absolute Gasteiger partial charge is 0.236 e. The Morgan fingerprint density at radius 1 is 0.968 bits per heavy atom. The van der Waals surface area contributed by atoms with Crippen LogP contribution >= 0.6 is 0 Å². The number of hydrogen-bond donors (Lipinski definition) is 0. The van der Waals surface area contributed by atoms with Crippen LogP contribution < -0.4 is 0 Å². The molecule has 1 aromatic rings. The molecule has 7 nitrogen and oxygen atoms in total. The average Bonchev–Trinajstić information content (AvgIpc) is 2.78. The van der Waals surface area contributed by atoms with Gasteiger partial charge in [-0.3, -0.25) is 9.59 Å². The van der Waals surface area contributed by atoms with Crippen LogP contribution in [0, 0.1) is 0 Å². The maximum Gasteiger partial charge on any atom is 0.236 e. The third-order valence-corrected chi connectivity index (χ3v) is 6.87. The number of carbonyl (C=O) groups excluding carboxylic acids is 2. The molecule has 172 valence electrons. The van der Waals surface area contributed by atoms with Gasteiger partial charge < -0.3 is 9.80 Å². The van der Waals surface area contributed by atoms with Crippen molar-refractivity contribution in [3.05, 3.63) is 41.3 Å². The number of benzene rings is 1. The minimum absolute atomic E-state index is 0.0118. The molecule has 0 atom stereocenters. The van der Waals surface area contributed by atoms with Gasteiger partial charge >= 0.3 is 0 Å². The van der Waals surface area contributed by atoms with E-state index in [0.717, 1.165) is 31.5 Å². The Labute approximate surface area is 186 Å². The molecule has 1 heterocycles. The first-order chi connectivity index (χ1) is 14.9. The molecule has 2 amide bonds. The van der Waals surface area contributed by atoms with Gasteiger partial charge in [0, 0.05) is 57.5 Å². The quantitative estimate of drug-likeness (QED) is 0.520. The summed E-state index contributed by atoms with van der Waals surface area (Å²) in [5, 5.41) is 1.23. The van der Waals surface area contributed by atoms with Gasteiger partial charge in [0.25, 0.3) is 0 Å². The highest BCUT2D eigenvalue weighted by Gasteiger charge is 2.27. The molecule has 1 fully saturated rings. The maximum atomic E-state index is 12.5. The molecule has 0 radical (unpaired) electrons. The normalized spacial score (nSPS) is 15.4. The SMILES string of the molecule is CCCN(CCC)C(=O)CCCC(=O)N1CCN(S(=O)(=O)/C=C/c2ccccc2)CC1. The summed E-state index contributed by atoms with van der Waals surface area (Å²) < 4.78 is 26.5. The summed E-state index contributed by atoms with van der Waals surface area (Å²) in [7, 11) is -3.51. The lowest BCUT2D eigenvalue weighted by atomic mass is 10.2. The van der Waals surface area contributed by atoms with Crippen LogP contribution in [0.1, 0.15) is 51.5 Å². The molecule has 0 aliphatic carbocycles. The molecule has 0 N–H and O–H groups in total. The summed E-state index contributed by atoms with van der Waals surface area (Å²) in [5.74, 6) is 0.0971. The zero-order chi connectivity index (χ0) is 22.7. The fraction of sp³-hybridized carbons (Fsp3) is 0.565. The number of amides is 2. The van der Waals surface area contributed by atoms with Gasteiger partial charge in [-0.1, -0.05) is 44.2 Å². The topological polar surface area (TPSA) is 78.0 Å². The van der Waals surface area contributed by atoms with Crippen molar-refractivity contribution in [1.29, 1.82) is 0 Å². The van der Waals surface area contributed by atoms with Crippen molar-refractivity contribution in [2.24, 2.45) is 0 Å². The summed E-state index contributed by atoms with van der Waals surface area (Å²) in [4.78, 5) is 28.4. The van der Waals surface area contributed by atoms with Gasteiger partial charge in [-0.05, 0) is 30.9 Å². The monoisotopic (exact) mass is 449 g/mol. The Hall–Kier alpha value is -2.19. The molecular formula is C23H35N3O4S. The minimum Gasteiger partial charge on any atom is -0.343 e. The third-order valence-electron chi connectivity index (χ3n) is 5.30. The Bertz CT molecular complexity index is 826. The first-order valence-electron chi connectivity index (χ1n) is 11.2. The lowest BCUT2D eigenvalue weighted by Gasteiger charge is -2.33. The predicted octanol–water partition coefficient (Wildman–Crippen LogP) is 2.95. The zero-order valence-corrected chi connectivity index (χ0v) is 19.5. The minimum atomic E-state index is -3.51. The second-order valence-corrected chi connectivity index (χ2v) is 9.59. The first-order valence-corrected chi connectivity index (χ1v) is 12.7. The van der Waals surface area contributed by atoms with E-state index in [-0.39, 0.29) is 24.9 Å². The summed E-state index contributed by atoms with van der Waals surface area (Å²) >= 11 is 0. The molecule has 1 aliphatic rings. The molecule has 31 heavy (non-hydrogen) atoms. The van der Waals surface area contributed by atoms with Crippen molar-refractivity contribution in [2.45, 2.75) is 46.0 Å². The van der Waals surface area contributed by atoms with E-state index in [1.807, 2.05) is 35.2 Å². The highest BCUT2D eigenvalue weighted by Crippen LogP contribution is 2.13. The van der Waals surface area contributed by atoms with E-state index < -0.39 is 10.0 Å². The van der Waals surface area contributed by atoms with Crippen LogP contribution in [-0.2, 0) is 19.6 Å². The molecule has 0 aromatic heterocycles. The Morgan fingerprint density at radius 3 is 2.16 bits per heavy atom.